The molecule has 7 nitrogen and oxygen atoms in total. The van der Waals surface area contributed by atoms with Crippen molar-refractivity contribution in [1.29, 1.82) is 0 Å². The van der Waals surface area contributed by atoms with Gasteiger partial charge in [0.05, 0.1) is 18.8 Å². The molecule has 1 saturated heterocycles. The zero-order chi connectivity index (χ0) is 21.5. The minimum absolute atomic E-state index is 0.00655. The van der Waals surface area contributed by atoms with Crippen molar-refractivity contribution in [3.8, 4) is 0 Å². The van der Waals surface area contributed by atoms with E-state index in [1.54, 1.807) is 0 Å². The first-order valence-corrected chi connectivity index (χ1v) is 10.8. The zero-order valence-corrected chi connectivity index (χ0v) is 18.3. The summed E-state index contributed by atoms with van der Waals surface area (Å²) in [5, 5.41) is 10.8. The van der Waals surface area contributed by atoms with Gasteiger partial charge in [-0.2, -0.15) is 5.10 Å². The third-order valence-electron chi connectivity index (χ3n) is 5.73. The minimum Gasteiger partial charge on any atom is -0.352 e. The van der Waals surface area contributed by atoms with Crippen molar-refractivity contribution >= 4 is 11.8 Å². The highest BCUT2D eigenvalue weighted by atomic mass is 16.2. The van der Waals surface area contributed by atoms with Crippen LogP contribution >= 0.6 is 0 Å². The number of nitrogens with zero attached hydrogens (tertiary/aromatic N) is 3. The van der Waals surface area contributed by atoms with Crippen LogP contribution in [0.2, 0.25) is 0 Å². The van der Waals surface area contributed by atoms with Crippen LogP contribution in [0.5, 0.6) is 0 Å². The summed E-state index contributed by atoms with van der Waals surface area (Å²) >= 11 is 0. The van der Waals surface area contributed by atoms with E-state index in [1.807, 2.05) is 36.7 Å². The van der Waals surface area contributed by atoms with Gasteiger partial charge in [0.1, 0.15) is 0 Å². The Kier molecular flexibility index (Phi) is 7.63. The van der Waals surface area contributed by atoms with Crippen LogP contribution in [-0.4, -0.2) is 52.2 Å². The lowest BCUT2D eigenvalue weighted by molar-refractivity contribution is -0.123. The van der Waals surface area contributed by atoms with Crippen LogP contribution < -0.4 is 10.6 Å². The van der Waals surface area contributed by atoms with Gasteiger partial charge in [0.25, 0.3) is 0 Å². The van der Waals surface area contributed by atoms with Gasteiger partial charge >= 0.3 is 0 Å². The Morgan fingerprint density at radius 1 is 1.17 bits per heavy atom. The summed E-state index contributed by atoms with van der Waals surface area (Å²) in [6.45, 7) is 9.07. The third-order valence-corrected chi connectivity index (χ3v) is 5.73. The van der Waals surface area contributed by atoms with E-state index in [9.17, 15) is 9.59 Å². The lowest BCUT2D eigenvalue weighted by Gasteiger charge is -2.32. The molecule has 1 unspecified atom stereocenters. The number of likely N-dealkylation sites (tertiary alicyclic amines) is 1. The Balaban J connectivity index is 1.51. The van der Waals surface area contributed by atoms with E-state index < -0.39 is 0 Å². The van der Waals surface area contributed by atoms with E-state index in [-0.39, 0.29) is 17.9 Å². The highest BCUT2D eigenvalue weighted by Gasteiger charge is 2.22. The molecule has 30 heavy (non-hydrogen) atoms. The maximum atomic E-state index is 12.5. The fraction of sp³-hybridized carbons (Fsp3) is 0.522. The average molecular weight is 412 g/mol. The number of hydrogen-bond acceptors (Lipinski definition) is 4. The molecular weight excluding hydrogens is 378 g/mol. The van der Waals surface area contributed by atoms with Crippen molar-refractivity contribution in [2.24, 2.45) is 0 Å². The number of piperidine rings is 1. The van der Waals surface area contributed by atoms with Gasteiger partial charge in [-0.25, -0.2) is 0 Å². The standard InChI is InChI=1S/C23H33N5O2/c1-4-22(29)25-20-11-8-12-27(15-20)16-23(30)24-13-21-17(2)26-28(18(21)3)14-19-9-6-5-7-10-19/h5-7,9-10,20H,4,8,11-16H2,1-3H3,(H,24,30)(H,25,29). The third kappa shape index (κ3) is 5.92. The zero-order valence-electron chi connectivity index (χ0n) is 18.3. The number of aromatic nitrogens is 2. The predicted octanol–water partition coefficient (Wildman–Crippen LogP) is 2.16. The summed E-state index contributed by atoms with van der Waals surface area (Å²) < 4.78 is 2.00. The van der Waals surface area contributed by atoms with Crippen LogP contribution in [0.3, 0.4) is 0 Å². The first kappa shape index (κ1) is 22.0. The van der Waals surface area contributed by atoms with Gasteiger partial charge in [-0.15, -0.1) is 0 Å². The molecule has 1 aliphatic heterocycles. The average Bonchev–Trinajstić information content (AvgIpc) is 3.00. The molecule has 0 spiro atoms. The lowest BCUT2D eigenvalue weighted by atomic mass is 10.1. The maximum Gasteiger partial charge on any atom is 0.234 e. The maximum absolute atomic E-state index is 12.5. The van der Waals surface area contributed by atoms with Gasteiger partial charge in [0.2, 0.25) is 11.8 Å². The number of carbonyl (C=O) groups is 2. The van der Waals surface area contributed by atoms with Crippen LogP contribution in [0.1, 0.15) is 48.7 Å². The van der Waals surface area contributed by atoms with E-state index in [2.05, 4.69) is 39.7 Å². The molecule has 0 radical (unpaired) electrons. The molecule has 2 amide bonds. The summed E-state index contributed by atoms with van der Waals surface area (Å²) in [7, 11) is 0. The Labute approximate surface area is 178 Å². The Bertz CT molecular complexity index is 862. The number of hydrogen-bond donors (Lipinski definition) is 2. The molecule has 162 valence electrons. The Morgan fingerprint density at radius 3 is 2.67 bits per heavy atom. The predicted molar refractivity (Wildman–Crippen MR) is 117 cm³/mol. The topological polar surface area (TPSA) is 79.3 Å². The van der Waals surface area contributed by atoms with Crippen LogP contribution in [0.4, 0.5) is 0 Å². The molecule has 1 aromatic heterocycles. The summed E-state index contributed by atoms with van der Waals surface area (Å²) in [5.41, 5.74) is 4.31. The van der Waals surface area contributed by atoms with E-state index in [0.717, 1.165) is 49.4 Å². The number of nitrogens with one attached hydrogen (secondary N) is 2. The number of aryl methyl sites for hydroxylation is 1. The van der Waals surface area contributed by atoms with Gasteiger partial charge in [0.15, 0.2) is 0 Å². The molecule has 1 fully saturated rings. The fourth-order valence-corrected chi connectivity index (χ4v) is 3.99. The molecule has 0 bridgehead atoms. The van der Waals surface area contributed by atoms with E-state index in [1.165, 1.54) is 5.56 Å². The van der Waals surface area contributed by atoms with Crippen molar-refractivity contribution in [3.05, 3.63) is 52.8 Å². The van der Waals surface area contributed by atoms with E-state index in [0.29, 0.717) is 19.5 Å². The Hall–Kier alpha value is -2.67. The molecule has 3 rings (SSSR count). The molecule has 0 aliphatic carbocycles. The molecule has 1 aliphatic rings. The second-order valence-electron chi connectivity index (χ2n) is 8.06. The number of carbonyl (C=O) groups excluding carboxylic acids is 2. The molecule has 2 heterocycles. The highest BCUT2D eigenvalue weighted by molar-refractivity contribution is 5.78. The molecule has 1 aromatic carbocycles. The smallest absolute Gasteiger partial charge is 0.234 e. The fourth-order valence-electron chi connectivity index (χ4n) is 3.99. The van der Waals surface area contributed by atoms with Crippen molar-refractivity contribution in [2.45, 2.75) is 59.2 Å². The largest absolute Gasteiger partial charge is 0.352 e. The monoisotopic (exact) mass is 411 g/mol. The van der Waals surface area contributed by atoms with Crippen molar-refractivity contribution in [2.75, 3.05) is 19.6 Å². The second kappa shape index (κ2) is 10.4. The van der Waals surface area contributed by atoms with Gasteiger partial charge < -0.3 is 10.6 Å². The molecule has 7 heteroatoms. The van der Waals surface area contributed by atoms with Gasteiger partial charge in [0, 0.05) is 36.8 Å². The number of rotatable bonds is 8. The quantitative estimate of drug-likeness (QED) is 0.698. The van der Waals surface area contributed by atoms with Crippen LogP contribution in [-0.2, 0) is 22.7 Å². The summed E-state index contributed by atoms with van der Waals surface area (Å²) in [4.78, 5) is 26.3. The molecule has 2 N–H and O–H groups in total. The highest BCUT2D eigenvalue weighted by Crippen LogP contribution is 2.15. The molecule has 0 saturated carbocycles. The van der Waals surface area contributed by atoms with Crippen molar-refractivity contribution in [1.82, 2.24) is 25.3 Å². The van der Waals surface area contributed by atoms with Gasteiger partial charge in [-0.1, -0.05) is 37.3 Å². The molecular formula is C23H33N5O2. The van der Waals surface area contributed by atoms with Gasteiger partial charge in [-0.3, -0.25) is 19.2 Å². The normalized spacial score (nSPS) is 17.0. The van der Waals surface area contributed by atoms with Crippen molar-refractivity contribution < 1.29 is 9.59 Å². The van der Waals surface area contributed by atoms with Crippen LogP contribution in [0.25, 0.3) is 0 Å². The van der Waals surface area contributed by atoms with E-state index >= 15 is 0 Å². The van der Waals surface area contributed by atoms with E-state index in [4.69, 9.17) is 0 Å². The Morgan fingerprint density at radius 2 is 1.93 bits per heavy atom. The second-order valence-corrected chi connectivity index (χ2v) is 8.06. The first-order chi connectivity index (χ1) is 14.5. The van der Waals surface area contributed by atoms with Crippen molar-refractivity contribution in [3.63, 3.8) is 0 Å². The molecule has 1 atom stereocenters. The van der Waals surface area contributed by atoms with Gasteiger partial charge in [-0.05, 0) is 38.8 Å². The summed E-state index contributed by atoms with van der Waals surface area (Å²) in [6, 6.07) is 10.4. The SMILES string of the molecule is CCC(=O)NC1CCCN(CC(=O)NCc2c(C)nn(Cc3ccccc3)c2C)C1. The summed E-state index contributed by atoms with van der Waals surface area (Å²) in [6.07, 6.45) is 2.46. The van der Waals surface area contributed by atoms with Crippen LogP contribution in [0.15, 0.2) is 30.3 Å². The summed E-state index contributed by atoms with van der Waals surface area (Å²) in [5.74, 6) is 0.0804. The lowest BCUT2D eigenvalue weighted by Crippen LogP contribution is -2.50. The minimum atomic E-state index is 0.00655. The number of benzene rings is 1. The number of amides is 2. The first-order valence-electron chi connectivity index (χ1n) is 10.8. The van der Waals surface area contributed by atoms with Crippen LogP contribution in [0, 0.1) is 13.8 Å². The molecule has 2 aromatic rings.